The van der Waals surface area contributed by atoms with Crippen LogP contribution in [0.15, 0.2) is 204 Å². The first-order chi connectivity index (χ1) is 33.7. The fourth-order valence-electron chi connectivity index (χ4n) is 6.87. The summed E-state index contributed by atoms with van der Waals surface area (Å²) in [6.45, 7) is -3.40. The summed E-state index contributed by atoms with van der Waals surface area (Å²) in [5.41, 5.74) is -0.276. The Balaban J connectivity index is 1.45. The van der Waals surface area contributed by atoms with Gasteiger partial charge in [0.1, 0.15) is 78.4 Å². The Bertz CT molecular complexity index is 2790. The number of benzene rings is 6. The smallest absolute Gasteiger partial charge is 0.349 e. The first-order valence-electron chi connectivity index (χ1n) is 21.2. The van der Waals surface area contributed by atoms with Crippen molar-refractivity contribution in [2.75, 3.05) is 26.4 Å². The van der Waals surface area contributed by atoms with E-state index in [2.05, 4.69) is 0 Å². The third kappa shape index (κ3) is 13.1. The van der Waals surface area contributed by atoms with E-state index in [1.807, 2.05) is 24.3 Å². The van der Waals surface area contributed by atoms with Gasteiger partial charge in [-0.05, 0) is 45.5 Å². The molecule has 6 aromatic rings. The molecule has 0 spiro atoms. The van der Waals surface area contributed by atoms with Crippen molar-refractivity contribution in [1.29, 1.82) is 21.0 Å². The molecule has 0 aromatic heterocycles. The molecule has 12 heteroatoms. The molecule has 6 rings (SSSR count). The SMILES string of the molecule is N#CC(C(=O)OCC(COC(=O)C(C#N)=C(c1ccccc1)c1ccccc1)(COC(=O)/C(C#N)=C/c1ccccc1)COC(=O)/C(C#N)=C/c1ccccc1)=C(c1ccccc1)c1ccccc1. The van der Waals surface area contributed by atoms with E-state index in [1.165, 1.54) is 12.2 Å². The summed E-state index contributed by atoms with van der Waals surface area (Å²) in [6.07, 6.45) is 2.57. The molecule has 0 saturated carbocycles. The molecule has 69 heavy (non-hydrogen) atoms. The van der Waals surface area contributed by atoms with Crippen LogP contribution in [0.25, 0.3) is 23.3 Å². The van der Waals surface area contributed by atoms with Crippen LogP contribution in [0.2, 0.25) is 0 Å². The van der Waals surface area contributed by atoms with Crippen LogP contribution in [0.5, 0.6) is 0 Å². The Kier molecular flexibility index (Phi) is 17.2. The molecule has 0 aliphatic rings. The number of carbonyl (C=O) groups excluding carboxylic acids is 4. The Hall–Kier alpha value is -9.88. The summed E-state index contributed by atoms with van der Waals surface area (Å²) in [7, 11) is 0. The summed E-state index contributed by atoms with van der Waals surface area (Å²) < 4.78 is 23.2. The number of rotatable bonds is 18. The van der Waals surface area contributed by atoms with Crippen LogP contribution in [0.4, 0.5) is 0 Å². The average molecular weight is 909 g/mol. The zero-order valence-electron chi connectivity index (χ0n) is 36.9. The number of carbonyl (C=O) groups is 4. The monoisotopic (exact) mass is 908 g/mol. The number of hydrogen-bond acceptors (Lipinski definition) is 12. The van der Waals surface area contributed by atoms with Crippen LogP contribution in [-0.2, 0) is 38.1 Å². The summed E-state index contributed by atoms with van der Waals surface area (Å²) in [6, 6.07) is 59.1. The van der Waals surface area contributed by atoms with E-state index >= 15 is 0 Å². The van der Waals surface area contributed by atoms with Crippen molar-refractivity contribution in [3.63, 3.8) is 0 Å². The number of ether oxygens (including phenoxy) is 4. The molecule has 336 valence electrons. The summed E-state index contributed by atoms with van der Waals surface area (Å²) in [5, 5.41) is 41.2. The van der Waals surface area contributed by atoms with Crippen molar-refractivity contribution in [3.05, 3.63) is 238 Å². The van der Waals surface area contributed by atoms with Gasteiger partial charge in [0.2, 0.25) is 0 Å². The molecule has 0 aliphatic carbocycles. The molecule has 12 nitrogen and oxygen atoms in total. The lowest BCUT2D eigenvalue weighted by Crippen LogP contribution is -2.44. The minimum atomic E-state index is -2.03. The average Bonchev–Trinajstić information content (AvgIpc) is 3.41. The lowest BCUT2D eigenvalue weighted by atomic mass is 9.91. The van der Waals surface area contributed by atoms with E-state index in [0.29, 0.717) is 33.4 Å². The number of nitriles is 4. The van der Waals surface area contributed by atoms with Gasteiger partial charge < -0.3 is 18.9 Å². The fraction of sp³-hybridized carbons (Fsp3) is 0.0877. The van der Waals surface area contributed by atoms with Crippen molar-refractivity contribution in [2.24, 2.45) is 5.41 Å². The summed E-state index contributed by atoms with van der Waals surface area (Å²) >= 11 is 0. The van der Waals surface area contributed by atoms with Gasteiger partial charge in [0, 0.05) is 11.1 Å². The van der Waals surface area contributed by atoms with Gasteiger partial charge in [-0.1, -0.05) is 182 Å². The van der Waals surface area contributed by atoms with Crippen molar-refractivity contribution in [1.82, 2.24) is 0 Å². The maximum atomic E-state index is 14.3. The maximum absolute atomic E-state index is 14.3. The van der Waals surface area contributed by atoms with Crippen molar-refractivity contribution in [3.8, 4) is 24.3 Å². The predicted molar refractivity (Wildman–Crippen MR) is 255 cm³/mol. The molecule has 0 radical (unpaired) electrons. The van der Waals surface area contributed by atoms with Gasteiger partial charge in [-0.3, -0.25) is 0 Å². The molecule has 0 aliphatic heterocycles. The zero-order valence-corrected chi connectivity index (χ0v) is 36.9. The second kappa shape index (κ2) is 24.4. The molecule has 0 N–H and O–H groups in total. The molecular weight excluding hydrogens is 869 g/mol. The molecule has 0 atom stereocenters. The first kappa shape index (κ1) is 48.6. The van der Waals surface area contributed by atoms with Crippen molar-refractivity contribution in [2.45, 2.75) is 0 Å². The van der Waals surface area contributed by atoms with Gasteiger partial charge >= 0.3 is 23.9 Å². The predicted octanol–water partition coefficient (Wildman–Crippen LogP) is 9.41. The highest BCUT2D eigenvalue weighted by molar-refractivity contribution is 6.06. The molecular formula is C57H40N4O8. The normalized spacial score (nSPS) is 10.9. The highest BCUT2D eigenvalue weighted by atomic mass is 16.6. The minimum absolute atomic E-state index is 0.228. The minimum Gasteiger partial charge on any atom is -0.461 e. The molecule has 0 fully saturated rings. The molecule has 0 bridgehead atoms. The van der Waals surface area contributed by atoms with Crippen LogP contribution >= 0.6 is 0 Å². The van der Waals surface area contributed by atoms with Gasteiger partial charge in [-0.25, -0.2) is 19.2 Å². The molecule has 0 unspecified atom stereocenters. The van der Waals surface area contributed by atoms with Crippen LogP contribution in [-0.4, -0.2) is 50.3 Å². The summed E-state index contributed by atoms with van der Waals surface area (Å²) in [4.78, 5) is 56.1. The fourth-order valence-corrected chi connectivity index (χ4v) is 6.87. The molecule has 0 heterocycles. The van der Waals surface area contributed by atoms with Gasteiger partial charge in [-0.2, -0.15) is 21.0 Å². The third-order valence-electron chi connectivity index (χ3n) is 10.3. The largest absolute Gasteiger partial charge is 0.461 e. The number of esters is 4. The van der Waals surface area contributed by atoms with Gasteiger partial charge in [0.25, 0.3) is 0 Å². The van der Waals surface area contributed by atoms with Crippen molar-refractivity contribution >= 4 is 47.2 Å². The van der Waals surface area contributed by atoms with E-state index < -0.39 is 78.0 Å². The van der Waals surface area contributed by atoms with E-state index in [4.69, 9.17) is 18.9 Å². The number of nitrogens with zero attached hydrogens (tertiary/aromatic N) is 4. The highest BCUT2D eigenvalue weighted by Gasteiger charge is 2.40. The highest BCUT2D eigenvalue weighted by Crippen LogP contribution is 2.31. The Labute approximate surface area is 398 Å². The lowest BCUT2D eigenvalue weighted by Gasteiger charge is -2.31. The van der Waals surface area contributed by atoms with E-state index in [9.17, 15) is 40.2 Å². The van der Waals surface area contributed by atoms with E-state index in [0.717, 1.165) is 0 Å². The second-order valence-electron chi connectivity index (χ2n) is 15.2. The summed E-state index contributed by atoms with van der Waals surface area (Å²) in [5.74, 6) is -4.58. The van der Waals surface area contributed by atoms with Crippen LogP contribution in [0, 0.1) is 50.7 Å². The Morgan fingerprint density at radius 2 is 0.609 bits per heavy atom. The van der Waals surface area contributed by atoms with Gasteiger partial charge in [0.15, 0.2) is 0 Å². The molecule has 0 amide bonds. The topological polar surface area (TPSA) is 200 Å². The van der Waals surface area contributed by atoms with E-state index in [1.54, 1.807) is 182 Å². The third-order valence-corrected chi connectivity index (χ3v) is 10.3. The lowest BCUT2D eigenvalue weighted by molar-refractivity contribution is -0.165. The Morgan fingerprint density at radius 1 is 0.362 bits per heavy atom. The number of hydrogen-bond donors (Lipinski definition) is 0. The van der Waals surface area contributed by atoms with Crippen molar-refractivity contribution < 1.29 is 38.1 Å². The van der Waals surface area contributed by atoms with Crippen LogP contribution in [0.3, 0.4) is 0 Å². The standard InChI is InChI=1S/C57H40N4O8/c58-33-47(31-41-19-7-1-8-20-41)53(62)66-37-57(38-67-54(63)48(34-59)32-42-21-9-2-10-22-42,39-68-55(64)49(35-60)51(43-23-11-3-12-24-43)44-25-13-4-14-26-44)40-69-56(65)50(36-61)52(45-27-15-5-16-28-45)46-29-17-6-18-30-46/h1-32H,37-40H2/b47-31+,48-32+. The van der Waals surface area contributed by atoms with Crippen LogP contribution in [0.1, 0.15) is 33.4 Å². The molecule has 6 aromatic carbocycles. The first-order valence-corrected chi connectivity index (χ1v) is 21.2. The maximum Gasteiger partial charge on any atom is 0.349 e. The quantitative estimate of drug-likeness (QED) is 0.0343. The van der Waals surface area contributed by atoms with E-state index in [-0.39, 0.29) is 11.1 Å². The zero-order chi connectivity index (χ0) is 48.9. The second-order valence-corrected chi connectivity index (χ2v) is 15.2. The van der Waals surface area contributed by atoms with Crippen LogP contribution < -0.4 is 0 Å². The molecule has 0 saturated heterocycles. The van der Waals surface area contributed by atoms with Gasteiger partial charge in [0.05, 0.1) is 0 Å². The Morgan fingerprint density at radius 3 is 0.855 bits per heavy atom. The van der Waals surface area contributed by atoms with Gasteiger partial charge in [-0.15, -0.1) is 0 Å².